The highest BCUT2D eigenvalue weighted by atomic mass is 35.5. The molecule has 1 saturated heterocycles. The number of amides is 2. The number of ether oxygens (including phenoxy) is 1. The van der Waals surface area contributed by atoms with Gasteiger partial charge in [-0.1, -0.05) is 30.7 Å². The lowest BCUT2D eigenvalue weighted by molar-refractivity contribution is -0.151. The Morgan fingerprint density at radius 1 is 1.44 bits per heavy atom. The van der Waals surface area contributed by atoms with Crippen molar-refractivity contribution in [2.75, 3.05) is 13.1 Å². The van der Waals surface area contributed by atoms with Gasteiger partial charge in [0, 0.05) is 13.1 Å². The molecule has 0 spiro atoms. The van der Waals surface area contributed by atoms with Crippen molar-refractivity contribution in [2.45, 2.75) is 38.8 Å². The minimum Gasteiger partial charge on any atom is -0.463 e. The van der Waals surface area contributed by atoms with Gasteiger partial charge in [-0.3, -0.25) is 19.7 Å². The summed E-state index contributed by atoms with van der Waals surface area (Å²) in [5.41, 5.74) is 0.274. The van der Waals surface area contributed by atoms with Crippen molar-refractivity contribution in [1.82, 2.24) is 15.5 Å². The van der Waals surface area contributed by atoms with Gasteiger partial charge in [-0.15, -0.1) is 0 Å². The normalized spacial score (nSPS) is 17.7. The van der Waals surface area contributed by atoms with E-state index in [0.717, 1.165) is 0 Å². The number of rotatable bonds is 5. The molecule has 27 heavy (non-hydrogen) atoms. The number of thiocarbonyl (C=S) groups is 1. The van der Waals surface area contributed by atoms with Crippen LogP contribution in [-0.2, 0) is 14.3 Å². The Morgan fingerprint density at radius 3 is 2.81 bits per heavy atom. The zero-order valence-corrected chi connectivity index (χ0v) is 16.7. The van der Waals surface area contributed by atoms with E-state index < -0.39 is 17.9 Å². The summed E-state index contributed by atoms with van der Waals surface area (Å²) in [7, 11) is 0. The van der Waals surface area contributed by atoms with Crippen molar-refractivity contribution in [1.29, 1.82) is 0 Å². The van der Waals surface area contributed by atoms with Crippen molar-refractivity contribution in [3.8, 4) is 0 Å². The van der Waals surface area contributed by atoms with Gasteiger partial charge in [-0.05, 0) is 37.7 Å². The fourth-order valence-corrected chi connectivity index (χ4v) is 3.09. The first-order chi connectivity index (χ1) is 12.8. The van der Waals surface area contributed by atoms with E-state index in [2.05, 4.69) is 10.6 Å². The third kappa shape index (κ3) is 5.64. The number of carbonyl (C=O) groups excluding carboxylic acids is 3. The van der Waals surface area contributed by atoms with Crippen LogP contribution in [0.2, 0.25) is 5.02 Å². The van der Waals surface area contributed by atoms with E-state index in [9.17, 15) is 14.4 Å². The number of nitrogens with zero attached hydrogens (tertiary/aromatic N) is 1. The molecule has 0 aliphatic carbocycles. The number of hydrogen-bond donors (Lipinski definition) is 2. The van der Waals surface area contributed by atoms with Crippen molar-refractivity contribution in [3.63, 3.8) is 0 Å². The molecule has 146 valence electrons. The van der Waals surface area contributed by atoms with Crippen LogP contribution < -0.4 is 10.6 Å². The summed E-state index contributed by atoms with van der Waals surface area (Å²) in [6.07, 6.45) is 0.293. The van der Waals surface area contributed by atoms with E-state index in [0.29, 0.717) is 24.5 Å². The minimum absolute atomic E-state index is 0.0658. The average Bonchev–Trinajstić information content (AvgIpc) is 2.63. The van der Waals surface area contributed by atoms with Gasteiger partial charge in [-0.25, -0.2) is 0 Å². The van der Waals surface area contributed by atoms with Crippen molar-refractivity contribution < 1.29 is 19.1 Å². The molecule has 0 bridgehead atoms. The summed E-state index contributed by atoms with van der Waals surface area (Å²) >= 11 is 11.3. The molecule has 0 aromatic heterocycles. The zero-order valence-electron chi connectivity index (χ0n) is 15.2. The van der Waals surface area contributed by atoms with E-state index >= 15 is 0 Å². The summed E-state index contributed by atoms with van der Waals surface area (Å²) in [5, 5.41) is 5.65. The molecule has 2 atom stereocenters. The molecule has 2 N–H and O–H groups in total. The van der Waals surface area contributed by atoms with Crippen LogP contribution in [0.4, 0.5) is 0 Å². The predicted octanol–water partition coefficient (Wildman–Crippen LogP) is 1.89. The third-order valence-electron chi connectivity index (χ3n) is 4.20. The zero-order chi connectivity index (χ0) is 20.0. The predicted molar refractivity (Wildman–Crippen MR) is 105 cm³/mol. The first-order valence-electron chi connectivity index (χ1n) is 8.67. The monoisotopic (exact) mass is 411 g/mol. The molecule has 1 aliphatic heterocycles. The Labute approximate surface area is 168 Å². The molecule has 9 heteroatoms. The lowest BCUT2D eigenvalue weighted by Gasteiger charge is -2.36. The van der Waals surface area contributed by atoms with Gasteiger partial charge in [0.25, 0.3) is 5.91 Å². The van der Waals surface area contributed by atoms with E-state index in [-0.39, 0.29) is 29.1 Å². The first-order valence-corrected chi connectivity index (χ1v) is 9.45. The summed E-state index contributed by atoms with van der Waals surface area (Å²) < 4.78 is 5.25. The molecule has 7 nitrogen and oxygen atoms in total. The molecule has 1 fully saturated rings. The lowest BCUT2D eigenvalue weighted by atomic mass is 10.1. The number of nitrogens with one attached hydrogen (secondary N) is 2. The Balaban J connectivity index is 2.07. The van der Waals surface area contributed by atoms with Gasteiger partial charge in [0.05, 0.1) is 23.1 Å². The molecule has 1 aliphatic rings. The Morgan fingerprint density at radius 2 is 2.15 bits per heavy atom. The SMILES string of the molecule is CCC(C)OC(=O)CC1C(=O)NCCN1C(=S)NC(=O)c1ccccc1Cl. The molecule has 2 rings (SSSR count). The maximum absolute atomic E-state index is 12.4. The summed E-state index contributed by atoms with van der Waals surface area (Å²) in [4.78, 5) is 38.3. The largest absolute Gasteiger partial charge is 0.463 e. The Bertz CT molecular complexity index is 743. The fourth-order valence-electron chi connectivity index (χ4n) is 2.56. The van der Waals surface area contributed by atoms with E-state index in [4.69, 9.17) is 28.6 Å². The molecule has 0 saturated carbocycles. The van der Waals surface area contributed by atoms with Gasteiger partial charge in [0.15, 0.2) is 5.11 Å². The van der Waals surface area contributed by atoms with E-state index in [1.807, 2.05) is 6.92 Å². The minimum atomic E-state index is -0.839. The van der Waals surface area contributed by atoms with E-state index in [1.54, 1.807) is 31.2 Å². The van der Waals surface area contributed by atoms with Crippen molar-refractivity contribution in [3.05, 3.63) is 34.9 Å². The highest BCUT2D eigenvalue weighted by Gasteiger charge is 2.34. The van der Waals surface area contributed by atoms with Gasteiger partial charge in [0.2, 0.25) is 5.91 Å². The average molecular weight is 412 g/mol. The van der Waals surface area contributed by atoms with Gasteiger partial charge in [0.1, 0.15) is 6.04 Å². The maximum atomic E-state index is 12.4. The van der Waals surface area contributed by atoms with Crippen LogP contribution in [0.1, 0.15) is 37.0 Å². The summed E-state index contributed by atoms with van der Waals surface area (Å²) in [6.45, 7) is 4.41. The molecular weight excluding hydrogens is 390 g/mol. The molecule has 1 aromatic rings. The summed E-state index contributed by atoms with van der Waals surface area (Å²) in [6, 6.07) is 5.73. The number of carbonyl (C=O) groups is 3. The maximum Gasteiger partial charge on any atom is 0.308 e. The van der Waals surface area contributed by atoms with Crippen LogP contribution in [0, 0.1) is 0 Å². The number of esters is 1. The second-order valence-corrected chi connectivity index (χ2v) is 6.95. The van der Waals surface area contributed by atoms with Gasteiger partial charge >= 0.3 is 5.97 Å². The molecule has 1 aromatic carbocycles. The highest BCUT2D eigenvalue weighted by Crippen LogP contribution is 2.16. The van der Waals surface area contributed by atoms with Gasteiger partial charge in [-0.2, -0.15) is 0 Å². The first kappa shape index (κ1) is 21.1. The van der Waals surface area contributed by atoms with Crippen LogP contribution >= 0.6 is 23.8 Å². The van der Waals surface area contributed by atoms with Crippen LogP contribution in [0.5, 0.6) is 0 Å². The highest BCUT2D eigenvalue weighted by molar-refractivity contribution is 7.80. The molecule has 1 heterocycles. The molecular formula is C18H22ClN3O4S. The van der Waals surface area contributed by atoms with Crippen molar-refractivity contribution in [2.24, 2.45) is 0 Å². The standard InChI is InChI=1S/C18H22ClN3O4S/c1-3-11(2)26-15(23)10-14-17(25)20-8-9-22(14)18(27)21-16(24)12-6-4-5-7-13(12)19/h4-7,11,14H,3,8-10H2,1-2H3,(H,20,25)(H,21,24,27). The van der Waals surface area contributed by atoms with Crippen LogP contribution in [0.15, 0.2) is 24.3 Å². The lowest BCUT2D eigenvalue weighted by Crippen LogP contribution is -2.60. The van der Waals surface area contributed by atoms with E-state index in [1.165, 1.54) is 4.90 Å². The summed E-state index contributed by atoms with van der Waals surface area (Å²) in [5.74, 6) is -1.30. The van der Waals surface area contributed by atoms with Crippen LogP contribution in [-0.4, -0.2) is 53.0 Å². The Kier molecular flexibility index (Phi) is 7.55. The molecule has 2 unspecified atom stereocenters. The Hall–Kier alpha value is -2.19. The number of piperazine rings is 1. The van der Waals surface area contributed by atoms with Crippen LogP contribution in [0.3, 0.4) is 0 Å². The number of halogens is 1. The number of hydrogen-bond acceptors (Lipinski definition) is 5. The smallest absolute Gasteiger partial charge is 0.308 e. The fraction of sp³-hybridized carbons (Fsp3) is 0.444. The number of benzene rings is 1. The second-order valence-electron chi connectivity index (χ2n) is 6.15. The molecule has 0 radical (unpaired) electrons. The van der Waals surface area contributed by atoms with Crippen LogP contribution in [0.25, 0.3) is 0 Å². The van der Waals surface area contributed by atoms with Gasteiger partial charge < -0.3 is 15.0 Å². The second kappa shape index (κ2) is 9.66. The topological polar surface area (TPSA) is 87.7 Å². The molecule has 2 amide bonds. The quantitative estimate of drug-likeness (QED) is 0.568. The third-order valence-corrected chi connectivity index (χ3v) is 4.86. The van der Waals surface area contributed by atoms with Crippen molar-refractivity contribution >= 4 is 46.7 Å².